The van der Waals surface area contributed by atoms with Crippen LogP contribution in [0.5, 0.6) is 0 Å². The third-order valence-corrected chi connectivity index (χ3v) is 4.99. The molecule has 1 N–H and O–H groups in total. The fourth-order valence-electron chi connectivity index (χ4n) is 1.97. The molecule has 0 aliphatic carbocycles. The summed E-state index contributed by atoms with van der Waals surface area (Å²) in [7, 11) is 1.34. The molecule has 1 amide bonds. The van der Waals surface area contributed by atoms with E-state index in [0.717, 1.165) is 12.8 Å². The first-order valence-electron chi connectivity index (χ1n) is 6.95. The summed E-state index contributed by atoms with van der Waals surface area (Å²) in [6.45, 7) is 4.15. The summed E-state index contributed by atoms with van der Waals surface area (Å²) in [6, 6.07) is 1.95. The molecule has 0 bridgehead atoms. The van der Waals surface area contributed by atoms with Gasteiger partial charge >= 0.3 is 5.97 Å². The van der Waals surface area contributed by atoms with Crippen LogP contribution in [0.3, 0.4) is 0 Å². The van der Waals surface area contributed by atoms with Crippen LogP contribution in [0.2, 0.25) is 0 Å². The second-order valence-corrected chi connectivity index (χ2v) is 6.91. The van der Waals surface area contributed by atoms with Crippen LogP contribution in [-0.4, -0.2) is 24.0 Å². The van der Waals surface area contributed by atoms with Gasteiger partial charge in [-0.1, -0.05) is 13.3 Å². The van der Waals surface area contributed by atoms with Crippen molar-refractivity contribution in [2.24, 2.45) is 0 Å². The van der Waals surface area contributed by atoms with E-state index in [1.54, 1.807) is 5.38 Å². The van der Waals surface area contributed by atoms with Gasteiger partial charge in [0, 0.05) is 10.3 Å². The fraction of sp³-hybridized carbons (Fsp3) is 0.400. The highest BCUT2D eigenvalue weighted by Crippen LogP contribution is 2.24. The Morgan fingerprint density at radius 1 is 1.41 bits per heavy atom. The summed E-state index contributed by atoms with van der Waals surface area (Å²) in [4.78, 5) is 29.5. The molecule has 0 aromatic carbocycles. The lowest BCUT2D eigenvalue weighted by Gasteiger charge is -1.98. The lowest BCUT2D eigenvalue weighted by Crippen LogP contribution is -2.10. The van der Waals surface area contributed by atoms with E-state index >= 15 is 0 Å². The summed E-state index contributed by atoms with van der Waals surface area (Å²) in [5.41, 5.74) is 1.82. The minimum Gasteiger partial charge on any atom is -0.469 e. The second-order valence-electron chi connectivity index (χ2n) is 4.79. The monoisotopic (exact) mass is 338 g/mol. The van der Waals surface area contributed by atoms with E-state index in [2.05, 4.69) is 22.0 Å². The first kappa shape index (κ1) is 16.6. The van der Waals surface area contributed by atoms with E-state index < -0.39 is 0 Å². The van der Waals surface area contributed by atoms with Crippen LogP contribution in [0, 0.1) is 6.92 Å². The number of nitrogens with zero attached hydrogens (tertiary/aromatic N) is 1. The fourth-order valence-corrected chi connectivity index (χ4v) is 3.65. The van der Waals surface area contributed by atoms with Gasteiger partial charge in [-0.25, -0.2) is 4.98 Å². The van der Waals surface area contributed by atoms with Gasteiger partial charge in [0.1, 0.15) is 0 Å². The smallest absolute Gasteiger partial charge is 0.311 e. The summed E-state index contributed by atoms with van der Waals surface area (Å²) >= 11 is 2.79. The van der Waals surface area contributed by atoms with E-state index in [1.807, 2.05) is 13.0 Å². The third kappa shape index (κ3) is 4.14. The van der Waals surface area contributed by atoms with Crippen molar-refractivity contribution in [3.8, 4) is 0 Å². The maximum absolute atomic E-state index is 12.2. The number of anilines is 1. The molecule has 22 heavy (non-hydrogen) atoms. The van der Waals surface area contributed by atoms with Crippen LogP contribution in [0.4, 0.5) is 5.13 Å². The Hall–Kier alpha value is -1.73. The highest BCUT2D eigenvalue weighted by molar-refractivity contribution is 7.15. The number of rotatable bonds is 6. The number of carbonyl (C=O) groups excluding carboxylic acids is 2. The Balaban J connectivity index is 2.02. The van der Waals surface area contributed by atoms with Crippen molar-refractivity contribution in [2.75, 3.05) is 12.4 Å². The second kappa shape index (κ2) is 7.51. The van der Waals surface area contributed by atoms with Crippen LogP contribution in [0.25, 0.3) is 0 Å². The zero-order valence-electron chi connectivity index (χ0n) is 12.8. The van der Waals surface area contributed by atoms with Gasteiger partial charge < -0.3 is 4.74 Å². The predicted molar refractivity (Wildman–Crippen MR) is 88.8 cm³/mol. The molecule has 2 aromatic rings. The average molecular weight is 338 g/mol. The number of carbonyl (C=O) groups is 2. The molecule has 0 aliphatic rings. The number of thiophene rings is 1. The molecule has 118 valence electrons. The number of hydrogen-bond acceptors (Lipinski definition) is 6. The molecule has 0 spiro atoms. The molecule has 2 rings (SSSR count). The molecule has 0 aliphatic heterocycles. The number of nitrogens with one attached hydrogen (secondary N) is 1. The molecule has 0 unspecified atom stereocenters. The van der Waals surface area contributed by atoms with Crippen LogP contribution in [0.15, 0.2) is 11.4 Å². The van der Waals surface area contributed by atoms with Gasteiger partial charge in [0.15, 0.2) is 5.13 Å². The van der Waals surface area contributed by atoms with Crippen LogP contribution >= 0.6 is 22.7 Å². The lowest BCUT2D eigenvalue weighted by molar-refractivity contribution is -0.139. The predicted octanol–water partition coefficient (Wildman–Crippen LogP) is 3.43. The number of ether oxygens (including phenoxy) is 1. The number of aromatic nitrogens is 1. The van der Waals surface area contributed by atoms with Crippen LogP contribution in [-0.2, 0) is 22.4 Å². The SMILES string of the molecule is CCCc1cc(C(=O)Nc2nc(CC(=O)OC)cs2)sc1C. The standard InChI is InChI=1S/C15H18N2O3S2/c1-4-5-10-6-12(22-9(10)2)14(19)17-15-16-11(8-21-15)7-13(18)20-3/h6,8H,4-5,7H2,1-3H3,(H,16,17,19). The molecule has 0 atom stereocenters. The van der Waals surface area contributed by atoms with Crippen molar-refractivity contribution >= 4 is 39.7 Å². The molecule has 0 saturated heterocycles. The molecule has 0 radical (unpaired) electrons. The Morgan fingerprint density at radius 3 is 2.86 bits per heavy atom. The van der Waals surface area contributed by atoms with Crippen LogP contribution < -0.4 is 5.32 Å². The largest absolute Gasteiger partial charge is 0.469 e. The number of thiazole rings is 1. The lowest BCUT2D eigenvalue weighted by atomic mass is 10.1. The van der Waals surface area contributed by atoms with Gasteiger partial charge in [-0.2, -0.15) is 0 Å². The average Bonchev–Trinajstić information content (AvgIpc) is 3.07. The zero-order chi connectivity index (χ0) is 16.1. The Labute approximate surface area is 137 Å². The maximum Gasteiger partial charge on any atom is 0.311 e. The van der Waals surface area contributed by atoms with Gasteiger partial charge in [-0.15, -0.1) is 22.7 Å². The van der Waals surface area contributed by atoms with Gasteiger partial charge in [0.2, 0.25) is 0 Å². The molecule has 0 fully saturated rings. The Bertz CT molecular complexity index is 676. The van der Waals surface area contributed by atoms with E-state index in [0.29, 0.717) is 15.7 Å². The molecule has 7 heteroatoms. The van der Waals surface area contributed by atoms with Gasteiger partial charge in [-0.05, 0) is 25.0 Å². The number of aryl methyl sites for hydroxylation is 2. The minimum absolute atomic E-state index is 0.113. The van der Waals surface area contributed by atoms with Crippen molar-refractivity contribution in [1.82, 2.24) is 4.98 Å². The summed E-state index contributed by atoms with van der Waals surface area (Å²) in [5, 5.41) is 5.02. The van der Waals surface area contributed by atoms with Crippen molar-refractivity contribution in [3.63, 3.8) is 0 Å². The summed E-state index contributed by atoms with van der Waals surface area (Å²) < 4.78 is 4.59. The highest BCUT2D eigenvalue weighted by Gasteiger charge is 2.14. The highest BCUT2D eigenvalue weighted by atomic mass is 32.1. The third-order valence-electron chi connectivity index (χ3n) is 3.09. The summed E-state index contributed by atoms with van der Waals surface area (Å²) in [6.07, 6.45) is 2.15. The van der Waals surface area contributed by atoms with Crippen molar-refractivity contribution in [1.29, 1.82) is 0 Å². The topological polar surface area (TPSA) is 68.3 Å². The number of esters is 1. The van der Waals surface area contributed by atoms with E-state index in [4.69, 9.17) is 0 Å². The molecule has 2 heterocycles. The van der Waals surface area contributed by atoms with Crippen molar-refractivity contribution in [2.45, 2.75) is 33.1 Å². The van der Waals surface area contributed by atoms with Gasteiger partial charge in [0.05, 0.1) is 24.1 Å². The van der Waals surface area contributed by atoms with Gasteiger partial charge in [-0.3, -0.25) is 14.9 Å². The normalized spacial score (nSPS) is 10.5. The van der Waals surface area contributed by atoms with E-state index in [-0.39, 0.29) is 18.3 Å². The first-order valence-corrected chi connectivity index (χ1v) is 8.65. The quantitative estimate of drug-likeness (QED) is 0.819. The minimum atomic E-state index is -0.346. The summed E-state index contributed by atoms with van der Waals surface area (Å²) in [5.74, 6) is -0.504. The molecule has 0 saturated carbocycles. The van der Waals surface area contributed by atoms with Crippen molar-refractivity contribution in [3.05, 3.63) is 32.5 Å². The molecule has 2 aromatic heterocycles. The number of hydrogen-bond donors (Lipinski definition) is 1. The number of methoxy groups -OCH3 is 1. The van der Waals surface area contributed by atoms with E-state index in [1.165, 1.54) is 40.2 Å². The maximum atomic E-state index is 12.2. The molecular formula is C15H18N2O3S2. The Kier molecular flexibility index (Phi) is 5.68. The van der Waals surface area contributed by atoms with Gasteiger partial charge in [0.25, 0.3) is 5.91 Å². The molecule has 5 nitrogen and oxygen atoms in total. The number of amides is 1. The Morgan fingerprint density at radius 2 is 2.18 bits per heavy atom. The zero-order valence-corrected chi connectivity index (χ0v) is 14.4. The van der Waals surface area contributed by atoms with Crippen LogP contribution in [0.1, 0.15) is 39.2 Å². The van der Waals surface area contributed by atoms with E-state index in [9.17, 15) is 9.59 Å². The van der Waals surface area contributed by atoms with Crippen molar-refractivity contribution < 1.29 is 14.3 Å². The first-order chi connectivity index (χ1) is 10.5. The molecular weight excluding hydrogens is 320 g/mol.